The maximum absolute atomic E-state index is 13.9. The van der Waals surface area contributed by atoms with Crippen LogP contribution in [-0.2, 0) is 6.42 Å². The van der Waals surface area contributed by atoms with Gasteiger partial charge in [0.1, 0.15) is 5.82 Å². The van der Waals surface area contributed by atoms with Gasteiger partial charge in [-0.05, 0) is 43.0 Å². The van der Waals surface area contributed by atoms with E-state index in [1.807, 2.05) is 12.1 Å². The molecule has 2 aromatic carbocycles. The van der Waals surface area contributed by atoms with E-state index >= 15 is 0 Å². The third kappa shape index (κ3) is 4.56. The zero-order valence-electron chi connectivity index (χ0n) is 15.6. The molecule has 6 nitrogen and oxygen atoms in total. The van der Waals surface area contributed by atoms with Gasteiger partial charge < -0.3 is 14.7 Å². The number of anilines is 1. The highest BCUT2D eigenvalue weighted by molar-refractivity contribution is 6.33. The number of aromatic nitrogens is 2. The summed E-state index contributed by atoms with van der Waals surface area (Å²) in [5.74, 6) is 0.485. The first kappa shape index (κ1) is 19.4. The van der Waals surface area contributed by atoms with E-state index < -0.39 is 0 Å². The summed E-state index contributed by atoms with van der Waals surface area (Å²) in [6, 6.07) is 13.3. The van der Waals surface area contributed by atoms with Gasteiger partial charge in [-0.1, -0.05) is 41.0 Å². The Hall–Kier alpha value is -2.93. The molecular formula is C21H20ClFN4O2. The number of piperidine rings is 1. The van der Waals surface area contributed by atoms with Gasteiger partial charge in [-0.3, -0.25) is 0 Å². The number of rotatable bonds is 4. The topological polar surface area (TPSA) is 71.3 Å². The summed E-state index contributed by atoms with van der Waals surface area (Å²) in [6.45, 7) is 1.25. The predicted octanol–water partition coefficient (Wildman–Crippen LogP) is 5.02. The van der Waals surface area contributed by atoms with Gasteiger partial charge in [0.05, 0.1) is 16.3 Å². The minimum Gasteiger partial charge on any atom is -0.339 e. The van der Waals surface area contributed by atoms with Crippen LogP contribution in [0.25, 0.3) is 11.4 Å². The van der Waals surface area contributed by atoms with Crippen LogP contribution in [0.4, 0.5) is 14.9 Å². The first-order valence-corrected chi connectivity index (χ1v) is 9.86. The second kappa shape index (κ2) is 8.61. The van der Waals surface area contributed by atoms with Gasteiger partial charge in [0.2, 0.25) is 11.7 Å². The molecule has 3 aromatic rings. The average molecular weight is 415 g/mol. The molecule has 1 saturated heterocycles. The fourth-order valence-electron chi connectivity index (χ4n) is 3.51. The molecule has 1 atom stereocenters. The monoisotopic (exact) mass is 414 g/mol. The molecule has 1 fully saturated rings. The number of urea groups is 1. The van der Waals surface area contributed by atoms with Crippen molar-refractivity contribution in [1.29, 1.82) is 0 Å². The van der Waals surface area contributed by atoms with Gasteiger partial charge in [0.15, 0.2) is 0 Å². The fraction of sp³-hybridized carbons (Fsp3) is 0.286. The van der Waals surface area contributed by atoms with Crippen LogP contribution in [0, 0.1) is 11.7 Å². The summed E-state index contributed by atoms with van der Waals surface area (Å²) in [4.78, 5) is 18.7. The van der Waals surface area contributed by atoms with Gasteiger partial charge in [0.25, 0.3) is 0 Å². The highest BCUT2D eigenvalue weighted by Gasteiger charge is 2.26. The van der Waals surface area contributed by atoms with E-state index in [0.29, 0.717) is 41.7 Å². The number of para-hydroxylation sites is 1. The molecule has 8 heteroatoms. The van der Waals surface area contributed by atoms with Crippen LogP contribution in [0.3, 0.4) is 0 Å². The minimum absolute atomic E-state index is 0.180. The highest BCUT2D eigenvalue weighted by Crippen LogP contribution is 2.25. The van der Waals surface area contributed by atoms with Crippen LogP contribution in [0.5, 0.6) is 0 Å². The van der Waals surface area contributed by atoms with E-state index in [0.717, 1.165) is 12.8 Å². The lowest BCUT2D eigenvalue weighted by atomic mass is 9.95. The van der Waals surface area contributed by atoms with Crippen LogP contribution in [0.2, 0.25) is 5.02 Å². The number of hydrogen-bond acceptors (Lipinski definition) is 4. The smallest absolute Gasteiger partial charge is 0.321 e. The number of hydrogen-bond donors (Lipinski definition) is 1. The first-order chi connectivity index (χ1) is 14.1. The Labute approximate surface area is 172 Å². The van der Waals surface area contributed by atoms with E-state index in [1.165, 1.54) is 6.07 Å². The van der Waals surface area contributed by atoms with Crippen molar-refractivity contribution in [3.63, 3.8) is 0 Å². The maximum Gasteiger partial charge on any atom is 0.321 e. The third-order valence-corrected chi connectivity index (χ3v) is 5.30. The fourth-order valence-corrected chi connectivity index (χ4v) is 3.69. The maximum atomic E-state index is 13.9. The van der Waals surface area contributed by atoms with Crippen molar-refractivity contribution in [2.45, 2.75) is 19.3 Å². The highest BCUT2D eigenvalue weighted by atomic mass is 35.5. The molecule has 0 saturated carbocycles. The number of amides is 2. The van der Waals surface area contributed by atoms with Crippen molar-refractivity contribution in [1.82, 2.24) is 15.0 Å². The molecule has 2 amide bonds. The second-order valence-corrected chi connectivity index (χ2v) is 7.47. The molecule has 1 N–H and O–H groups in total. The summed E-state index contributed by atoms with van der Waals surface area (Å²) >= 11 is 6.12. The van der Waals surface area contributed by atoms with Crippen LogP contribution < -0.4 is 5.32 Å². The number of likely N-dealkylation sites (tertiary alicyclic amines) is 1. The van der Waals surface area contributed by atoms with Crippen LogP contribution in [0.1, 0.15) is 18.7 Å². The summed E-state index contributed by atoms with van der Waals surface area (Å²) in [7, 11) is 0. The SMILES string of the molecule is O=C(Nc1ccccc1Cl)N1CCC[C@@H](Cc2nc(-c3ccccc3F)no2)C1. The second-order valence-electron chi connectivity index (χ2n) is 7.06. The van der Waals surface area contributed by atoms with Crippen molar-refractivity contribution < 1.29 is 13.7 Å². The average Bonchev–Trinajstić information content (AvgIpc) is 3.18. The normalized spacial score (nSPS) is 16.6. The van der Waals surface area contributed by atoms with Crippen LogP contribution in [0.15, 0.2) is 53.1 Å². The quantitative estimate of drug-likeness (QED) is 0.651. The molecule has 150 valence electrons. The molecule has 0 spiro atoms. The van der Waals surface area contributed by atoms with E-state index in [9.17, 15) is 9.18 Å². The van der Waals surface area contributed by atoms with Crippen molar-refractivity contribution in [2.24, 2.45) is 5.92 Å². The number of halogens is 2. The molecule has 0 unspecified atom stereocenters. The summed E-state index contributed by atoms with van der Waals surface area (Å²) < 4.78 is 19.2. The Morgan fingerprint density at radius 3 is 2.86 bits per heavy atom. The Bertz CT molecular complexity index is 1010. The van der Waals surface area contributed by atoms with Gasteiger partial charge in [-0.15, -0.1) is 0 Å². The molecule has 0 radical (unpaired) electrons. The Balaban J connectivity index is 1.39. The predicted molar refractivity (Wildman–Crippen MR) is 108 cm³/mol. The van der Waals surface area contributed by atoms with Gasteiger partial charge in [0, 0.05) is 19.5 Å². The Kier molecular flexibility index (Phi) is 5.76. The Morgan fingerprint density at radius 1 is 1.24 bits per heavy atom. The first-order valence-electron chi connectivity index (χ1n) is 9.48. The lowest BCUT2D eigenvalue weighted by molar-refractivity contribution is 0.173. The number of nitrogens with zero attached hydrogens (tertiary/aromatic N) is 3. The molecule has 0 aliphatic carbocycles. The van der Waals surface area contributed by atoms with Gasteiger partial charge >= 0.3 is 6.03 Å². The standard InChI is InChI=1S/C21H20ClFN4O2/c22-16-8-2-4-10-18(16)24-21(28)27-11-5-6-14(13-27)12-19-25-20(26-29-19)15-7-1-3-9-17(15)23/h1-4,7-10,14H,5-6,11-13H2,(H,24,28)/t14-/m0/s1. The zero-order valence-corrected chi connectivity index (χ0v) is 16.4. The molecular weight excluding hydrogens is 395 g/mol. The number of carbonyl (C=O) groups excluding carboxylic acids is 1. The van der Waals surface area contributed by atoms with Crippen molar-refractivity contribution in [2.75, 3.05) is 18.4 Å². The molecule has 0 bridgehead atoms. The molecule has 2 heterocycles. The number of carbonyl (C=O) groups is 1. The van der Waals surface area contributed by atoms with Crippen molar-refractivity contribution in [3.05, 3.63) is 65.3 Å². The summed E-state index contributed by atoms with van der Waals surface area (Å²) in [6.07, 6.45) is 2.37. The third-order valence-electron chi connectivity index (χ3n) is 4.97. The van der Waals surface area contributed by atoms with Crippen molar-refractivity contribution in [3.8, 4) is 11.4 Å². The van der Waals surface area contributed by atoms with E-state index in [-0.39, 0.29) is 23.6 Å². The number of nitrogens with one attached hydrogen (secondary N) is 1. The molecule has 1 aliphatic rings. The van der Waals surface area contributed by atoms with E-state index in [1.54, 1.807) is 35.2 Å². The largest absolute Gasteiger partial charge is 0.339 e. The van der Waals surface area contributed by atoms with Gasteiger partial charge in [-0.2, -0.15) is 4.98 Å². The van der Waals surface area contributed by atoms with E-state index in [4.69, 9.17) is 16.1 Å². The zero-order chi connectivity index (χ0) is 20.2. The lowest BCUT2D eigenvalue weighted by Gasteiger charge is -2.32. The van der Waals surface area contributed by atoms with Crippen LogP contribution in [-0.4, -0.2) is 34.2 Å². The molecule has 1 aliphatic heterocycles. The summed E-state index contributed by atoms with van der Waals surface area (Å²) in [5, 5.41) is 7.26. The molecule has 1 aromatic heterocycles. The van der Waals surface area contributed by atoms with E-state index in [2.05, 4.69) is 15.5 Å². The number of benzene rings is 2. The van der Waals surface area contributed by atoms with Gasteiger partial charge in [-0.25, -0.2) is 9.18 Å². The lowest BCUT2D eigenvalue weighted by Crippen LogP contribution is -2.42. The summed E-state index contributed by atoms with van der Waals surface area (Å²) in [5.41, 5.74) is 0.902. The Morgan fingerprint density at radius 2 is 2.03 bits per heavy atom. The minimum atomic E-state index is -0.389. The van der Waals surface area contributed by atoms with Crippen molar-refractivity contribution >= 4 is 23.3 Å². The van der Waals surface area contributed by atoms with Crippen LogP contribution >= 0.6 is 11.6 Å². The molecule has 29 heavy (non-hydrogen) atoms. The molecule has 4 rings (SSSR count).